The van der Waals surface area contributed by atoms with Crippen molar-refractivity contribution in [3.05, 3.63) is 36.1 Å². The van der Waals surface area contributed by atoms with Gasteiger partial charge in [0.05, 0.1) is 0 Å². The summed E-state index contributed by atoms with van der Waals surface area (Å²) in [5.74, 6) is 0. The molecule has 1 fully saturated rings. The normalized spacial score (nSPS) is 12.0. The minimum atomic E-state index is 0. The minimum Gasteiger partial charge on any atom is -0.358 e. The van der Waals surface area contributed by atoms with E-state index in [0.29, 0.717) is 0 Å². The summed E-state index contributed by atoms with van der Waals surface area (Å²) in [6.07, 6.45) is 8.00. The predicted octanol–water partition coefficient (Wildman–Crippen LogP) is 3.56. The van der Waals surface area contributed by atoms with Gasteiger partial charge in [-0.15, -0.1) is 0 Å². The molecule has 0 saturated heterocycles. The fraction of sp³-hybridized carbons (Fsp3) is 0.444. The molecule has 0 aromatic carbocycles. The summed E-state index contributed by atoms with van der Waals surface area (Å²) in [7, 11) is 0. The molecule has 0 spiro atoms. The monoisotopic (exact) mass is 193 g/mol. The Hall–Kier alpha value is 0.623. The largest absolute Gasteiger partial charge is 0.358 e. The molecule has 1 aliphatic rings. The Morgan fingerprint density at radius 1 is 0.700 bits per heavy atom. The van der Waals surface area contributed by atoms with E-state index in [0.717, 1.165) is 0 Å². The fourth-order valence-electron chi connectivity index (χ4n) is 0.722. The van der Waals surface area contributed by atoms with E-state index in [9.17, 15) is 0 Å². The molecule has 0 aromatic heterocycles. The van der Waals surface area contributed by atoms with Crippen molar-refractivity contribution in [3.8, 4) is 0 Å². The van der Waals surface area contributed by atoms with Gasteiger partial charge >= 0.3 is 0 Å². The van der Waals surface area contributed by atoms with Crippen molar-refractivity contribution >= 4 is 0 Å². The van der Waals surface area contributed by atoms with Crippen LogP contribution < -0.4 is 0 Å². The molecule has 0 unspecified atom stereocenters. The second-order valence-corrected chi connectivity index (χ2v) is 1.57. The zero-order valence-electron chi connectivity index (χ0n) is 8.11. The van der Waals surface area contributed by atoms with E-state index >= 15 is 0 Å². The van der Waals surface area contributed by atoms with E-state index in [1.807, 2.05) is 0 Å². The van der Waals surface area contributed by atoms with Gasteiger partial charge in [0.1, 0.15) is 0 Å². The Morgan fingerprint density at radius 2 is 1.00 bits per heavy atom. The third-order valence-electron chi connectivity index (χ3n) is 1.07. The molecule has 0 nitrogen and oxygen atoms in total. The van der Waals surface area contributed by atoms with Crippen molar-refractivity contribution in [1.82, 2.24) is 0 Å². The molecule has 1 saturated carbocycles. The Labute approximate surface area is 81.6 Å². The van der Waals surface area contributed by atoms with Crippen LogP contribution in [0.4, 0.5) is 0 Å². The minimum absolute atomic E-state index is 0. The van der Waals surface area contributed by atoms with Crippen molar-refractivity contribution in [1.29, 1.82) is 0 Å². The van der Waals surface area contributed by atoms with Crippen LogP contribution >= 0.6 is 0 Å². The average molecular weight is 195 g/mol. The van der Waals surface area contributed by atoms with Gasteiger partial charge in [-0.25, -0.2) is 0 Å². The molecule has 0 bridgehead atoms. The first-order valence-corrected chi connectivity index (χ1v) is 2.32. The van der Waals surface area contributed by atoms with Crippen molar-refractivity contribution in [3.63, 3.8) is 0 Å². The molecule has 0 atom stereocenters. The molecule has 0 aromatic rings. The van der Waals surface area contributed by atoms with Gasteiger partial charge < -0.3 is 36.1 Å². The summed E-state index contributed by atoms with van der Waals surface area (Å²) < 4.78 is 0. The van der Waals surface area contributed by atoms with Gasteiger partial charge in [0.25, 0.3) is 0 Å². The molecule has 0 radical (unpaired) electrons. The molecule has 0 aliphatic heterocycles. The van der Waals surface area contributed by atoms with E-state index in [2.05, 4.69) is 6.42 Å². The summed E-state index contributed by atoms with van der Waals surface area (Å²) in [5.41, 5.74) is 0. The van der Waals surface area contributed by atoms with E-state index in [1.165, 1.54) is 25.7 Å². The van der Waals surface area contributed by atoms with Crippen molar-refractivity contribution in [2.24, 2.45) is 0 Å². The molecule has 0 amide bonds. The molecular weight excluding hydrogens is 173 g/mol. The molecule has 0 N–H and O–H groups in total. The first kappa shape index (κ1) is 31.1. The van der Waals surface area contributed by atoms with Gasteiger partial charge in [-0.2, -0.15) is 12.8 Å². The van der Waals surface area contributed by atoms with Gasteiger partial charge in [-0.05, 0) is 0 Å². The van der Waals surface area contributed by atoms with E-state index < -0.39 is 0 Å². The number of hydrogen-bond donors (Lipinski definition) is 0. The maximum absolute atomic E-state index is 2.36. The van der Waals surface area contributed by atoms with Gasteiger partial charge in [0, 0.05) is 19.5 Å². The second kappa shape index (κ2) is 22.6. The zero-order valence-corrected chi connectivity index (χ0v) is 11.1. The van der Waals surface area contributed by atoms with Crippen LogP contribution in [0, 0.1) is 36.1 Å². The quantitative estimate of drug-likeness (QED) is 0.409. The number of hydrogen-bond acceptors (Lipinski definition) is 0. The predicted molar refractivity (Wildman–Crippen MR) is 48.4 cm³/mol. The number of rotatable bonds is 0. The summed E-state index contributed by atoms with van der Waals surface area (Å²) >= 11 is 0. The van der Waals surface area contributed by atoms with Crippen LogP contribution in [0.5, 0.6) is 0 Å². The molecule has 1 aliphatic carbocycles. The maximum atomic E-state index is 2.36. The molecule has 1 rings (SSSR count). The zero-order chi connectivity index (χ0) is 3.54. The van der Waals surface area contributed by atoms with Crippen molar-refractivity contribution in [2.75, 3.05) is 0 Å². The summed E-state index contributed by atoms with van der Waals surface area (Å²) in [4.78, 5) is 0. The third kappa shape index (κ3) is 15.8. The molecule has 10 heavy (non-hydrogen) atoms. The van der Waals surface area contributed by atoms with Crippen LogP contribution in [0.3, 0.4) is 0 Å². The first-order valence-electron chi connectivity index (χ1n) is 2.32. The molecule has 64 valence electrons. The summed E-state index contributed by atoms with van der Waals surface area (Å²) in [6.45, 7) is 0. The average Bonchev–Trinajstić information content (AvgIpc) is 1.76. The summed E-state index contributed by atoms with van der Waals surface area (Å²) in [6, 6.07) is 0. The third-order valence-corrected chi connectivity index (χ3v) is 1.07. The standard InChI is InChI=1S/C5H9.4CH3.Zn/c1-2-4-5-3-1;;;;;/h1H,2-5H2;4*1H3;/q5*-1;. The van der Waals surface area contributed by atoms with Gasteiger partial charge in [-0.1, -0.05) is 12.8 Å². The second-order valence-electron chi connectivity index (χ2n) is 1.57. The Morgan fingerprint density at radius 3 is 1.10 bits per heavy atom. The van der Waals surface area contributed by atoms with Crippen LogP contribution in [0.25, 0.3) is 0 Å². The van der Waals surface area contributed by atoms with Crippen molar-refractivity contribution < 1.29 is 19.5 Å². The van der Waals surface area contributed by atoms with E-state index in [-0.39, 0.29) is 49.2 Å². The van der Waals surface area contributed by atoms with Crippen LogP contribution in [-0.2, 0) is 19.5 Å². The first-order chi connectivity index (χ1) is 2.50. The van der Waals surface area contributed by atoms with Crippen LogP contribution in [0.1, 0.15) is 25.7 Å². The van der Waals surface area contributed by atoms with Gasteiger partial charge in [-0.3, -0.25) is 0 Å². The van der Waals surface area contributed by atoms with E-state index in [4.69, 9.17) is 0 Å². The maximum Gasteiger partial charge on any atom is 0 e. The van der Waals surface area contributed by atoms with Crippen LogP contribution in [0.2, 0.25) is 0 Å². The smallest absolute Gasteiger partial charge is 0 e. The fourth-order valence-corrected chi connectivity index (χ4v) is 0.722. The molecular formula is C9H21Zn-5. The Kier molecular flexibility index (Phi) is 70.4. The van der Waals surface area contributed by atoms with Gasteiger partial charge in [0.15, 0.2) is 0 Å². The topological polar surface area (TPSA) is 0 Å². The Balaban J connectivity index is -0.0000000167. The SMILES string of the molecule is [CH-]1CCCC1.[CH3-].[CH3-].[CH3-].[CH3-].[Zn]. The Bertz CT molecular complexity index is 16.3. The van der Waals surface area contributed by atoms with Crippen LogP contribution in [0.15, 0.2) is 0 Å². The van der Waals surface area contributed by atoms with E-state index in [1.54, 1.807) is 0 Å². The van der Waals surface area contributed by atoms with Crippen LogP contribution in [-0.4, -0.2) is 0 Å². The van der Waals surface area contributed by atoms with Gasteiger partial charge in [0.2, 0.25) is 0 Å². The molecule has 0 heterocycles. The van der Waals surface area contributed by atoms with Crippen molar-refractivity contribution in [2.45, 2.75) is 25.7 Å². The summed E-state index contributed by atoms with van der Waals surface area (Å²) in [5, 5.41) is 0. The molecule has 1 heteroatoms.